The Kier molecular flexibility index (Phi) is 8.93. The fourth-order valence-electron chi connectivity index (χ4n) is 2.85. The van der Waals surface area contributed by atoms with Crippen LogP contribution in [0.5, 0.6) is 5.88 Å². The first-order chi connectivity index (χ1) is 13.4. The van der Waals surface area contributed by atoms with Crippen LogP contribution in [-0.2, 0) is 19.3 Å². The molecule has 2 N–H and O–H groups in total. The minimum Gasteiger partial charge on any atom is -0.474 e. The molecule has 0 aromatic carbocycles. The van der Waals surface area contributed by atoms with Crippen LogP contribution < -0.4 is 15.4 Å². The number of pyridine rings is 1. The average molecular weight is 541 g/mol. The minimum absolute atomic E-state index is 0. The number of hydrogen-bond donors (Lipinski definition) is 2. The molecular formula is C18H23F3IN5OS. The van der Waals surface area contributed by atoms with Crippen molar-refractivity contribution in [1.82, 2.24) is 20.6 Å². The summed E-state index contributed by atoms with van der Waals surface area (Å²) in [4.78, 5) is 12.0. The summed E-state index contributed by atoms with van der Waals surface area (Å²) in [5, 5.41) is 7.40. The Morgan fingerprint density at radius 3 is 2.55 bits per heavy atom. The molecule has 1 aliphatic rings. The van der Waals surface area contributed by atoms with E-state index in [1.807, 2.05) is 12.1 Å². The molecule has 3 rings (SSSR count). The summed E-state index contributed by atoms with van der Waals surface area (Å²) in [6, 6.07) is 3.77. The molecule has 1 saturated carbocycles. The number of hydrogen-bond acceptors (Lipinski definition) is 5. The summed E-state index contributed by atoms with van der Waals surface area (Å²) >= 11 is 0.957. The Bertz CT molecular complexity index is 792. The van der Waals surface area contributed by atoms with Crippen molar-refractivity contribution in [2.24, 2.45) is 4.99 Å². The largest absolute Gasteiger partial charge is 0.474 e. The maximum atomic E-state index is 12.6. The fourth-order valence-corrected chi connectivity index (χ4v) is 3.59. The number of aromatic nitrogens is 2. The number of nitrogens with one attached hydrogen (secondary N) is 2. The lowest BCUT2D eigenvalue weighted by Crippen LogP contribution is -2.36. The summed E-state index contributed by atoms with van der Waals surface area (Å²) < 4.78 is 43.6. The lowest BCUT2D eigenvalue weighted by molar-refractivity contribution is -0.140. The van der Waals surface area contributed by atoms with Gasteiger partial charge in [-0.05, 0) is 31.2 Å². The van der Waals surface area contributed by atoms with Gasteiger partial charge < -0.3 is 15.4 Å². The third-order valence-corrected chi connectivity index (χ3v) is 5.17. The van der Waals surface area contributed by atoms with E-state index >= 15 is 0 Å². The number of rotatable bonds is 6. The lowest BCUT2D eigenvalue weighted by Gasteiger charge is -2.13. The van der Waals surface area contributed by atoms with Gasteiger partial charge >= 0.3 is 6.18 Å². The Balaban J connectivity index is 0.00000300. The summed E-state index contributed by atoms with van der Waals surface area (Å²) in [5.41, 5.74) is 0.0681. The Morgan fingerprint density at radius 1 is 1.24 bits per heavy atom. The predicted octanol–water partition coefficient (Wildman–Crippen LogP) is 4.36. The lowest BCUT2D eigenvalue weighted by atomic mass is 10.3. The highest BCUT2D eigenvalue weighted by Crippen LogP contribution is 2.29. The van der Waals surface area contributed by atoms with Crippen molar-refractivity contribution in [2.75, 3.05) is 7.05 Å². The number of aliphatic imine (C=N–C) groups is 1. The molecule has 2 heterocycles. The van der Waals surface area contributed by atoms with E-state index in [4.69, 9.17) is 4.74 Å². The molecule has 1 aliphatic carbocycles. The second kappa shape index (κ2) is 11.0. The van der Waals surface area contributed by atoms with Gasteiger partial charge in [0.15, 0.2) is 11.7 Å². The van der Waals surface area contributed by atoms with Gasteiger partial charge in [-0.3, -0.25) is 4.99 Å². The van der Waals surface area contributed by atoms with Crippen molar-refractivity contribution < 1.29 is 17.9 Å². The number of thiazole rings is 1. The second-order valence-corrected chi connectivity index (χ2v) is 7.38. The minimum atomic E-state index is -4.42. The van der Waals surface area contributed by atoms with Gasteiger partial charge in [0.2, 0.25) is 5.88 Å². The topological polar surface area (TPSA) is 71.4 Å². The molecule has 1 fully saturated rings. The molecule has 6 nitrogen and oxygen atoms in total. The molecule has 2 aromatic rings. The third-order valence-electron chi connectivity index (χ3n) is 4.32. The summed E-state index contributed by atoms with van der Waals surface area (Å²) in [6.45, 7) is 0.634. The Labute approximate surface area is 188 Å². The zero-order chi connectivity index (χ0) is 20.0. The molecule has 0 unspecified atom stereocenters. The van der Waals surface area contributed by atoms with Crippen molar-refractivity contribution in [1.29, 1.82) is 0 Å². The summed E-state index contributed by atoms with van der Waals surface area (Å²) in [6.07, 6.45) is 2.15. The second-order valence-electron chi connectivity index (χ2n) is 6.43. The zero-order valence-corrected chi connectivity index (χ0v) is 19.0. The number of nitrogens with zero attached hydrogens (tertiary/aromatic N) is 3. The number of ether oxygens (including phenoxy) is 1. The SMILES string of the molecule is CN=C(NCc1ccc(OC2CCCC2)nc1)NCc1nc(C(F)(F)F)cs1.I. The van der Waals surface area contributed by atoms with Crippen molar-refractivity contribution in [2.45, 2.75) is 51.1 Å². The summed E-state index contributed by atoms with van der Waals surface area (Å²) in [7, 11) is 1.59. The first kappa shape index (κ1) is 23.6. The van der Waals surface area contributed by atoms with E-state index in [0.29, 0.717) is 23.4 Å². The molecule has 0 spiro atoms. The molecule has 0 aliphatic heterocycles. The van der Waals surface area contributed by atoms with Crippen LogP contribution in [0.25, 0.3) is 0 Å². The standard InChI is InChI=1S/C18H22F3N5OS.HI/c1-22-17(25-10-16-26-14(11-28-16)18(19,20)21)24-9-12-6-7-15(23-8-12)27-13-4-2-3-5-13;/h6-8,11,13H,2-5,9-10H2,1H3,(H2,22,24,25);1H. The van der Waals surface area contributed by atoms with Gasteiger partial charge in [-0.15, -0.1) is 35.3 Å². The van der Waals surface area contributed by atoms with Gasteiger partial charge in [0.25, 0.3) is 0 Å². The highest BCUT2D eigenvalue weighted by Gasteiger charge is 2.33. The van der Waals surface area contributed by atoms with E-state index in [2.05, 4.69) is 25.6 Å². The molecule has 0 bridgehead atoms. The highest BCUT2D eigenvalue weighted by molar-refractivity contribution is 14.0. The van der Waals surface area contributed by atoms with Crippen molar-refractivity contribution in [3.8, 4) is 5.88 Å². The van der Waals surface area contributed by atoms with Crippen LogP contribution in [0, 0.1) is 0 Å². The average Bonchev–Trinajstić information content (AvgIpc) is 3.35. The summed E-state index contributed by atoms with van der Waals surface area (Å²) in [5.74, 6) is 1.09. The molecule has 2 aromatic heterocycles. The van der Waals surface area contributed by atoms with Crippen molar-refractivity contribution >= 4 is 41.3 Å². The van der Waals surface area contributed by atoms with Crippen LogP contribution in [0.2, 0.25) is 0 Å². The van der Waals surface area contributed by atoms with E-state index in [1.54, 1.807) is 13.2 Å². The molecule has 0 radical (unpaired) electrons. The first-order valence-corrected chi connectivity index (χ1v) is 9.89. The zero-order valence-electron chi connectivity index (χ0n) is 15.8. The Morgan fingerprint density at radius 2 is 1.97 bits per heavy atom. The first-order valence-electron chi connectivity index (χ1n) is 9.02. The van der Waals surface area contributed by atoms with Gasteiger partial charge in [-0.1, -0.05) is 6.07 Å². The molecule has 0 atom stereocenters. The van der Waals surface area contributed by atoms with Crippen LogP contribution in [-0.4, -0.2) is 29.1 Å². The van der Waals surface area contributed by atoms with Crippen molar-refractivity contribution in [3.05, 3.63) is 40.0 Å². The van der Waals surface area contributed by atoms with Crippen molar-refractivity contribution in [3.63, 3.8) is 0 Å². The predicted molar refractivity (Wildman–Crippen MR) is 117 cm³/mol. The quantitative estimate of drug-likeness (QED) is 0.323. The third kappa shape index (κ3) is 7.28. The van der Waals surface area contributed by atoms with Gasteiger partial charge in [0.1, 0.15) is 11.1 Å². The normalized spacial score (nSPS) is 15.1. The monoisotopic (exact) mass is 541 g/mol. The fraction of sp³-hybridized carbons (Fsp3) is 0.500. The van der Waals surface area contributed by atoms with E-state index in [-0.39, 0.29) is 36.6 Å². The molecule has 0 saturated heterocycles. The molecular weight excluding hydrogens is 518 g/mol. The van der Waals surface area contributed by atoms with Crippen LogP contribution in [0.1, 0.15) is 41.9 Å². The van der Waals surface area contributed by atoms with Gasteiger partial charge in [0.05, 0.1) is 6.54 Å². The van der Waals surface area contributed by atoms with Gasteiger partial charge in [0, 0.05) is 31.2 Å². The van der Waals surface area contributed by atoms with Gasteiger partial charge in [-0.25, -0.2) is 9.97 Å². The van der Waals surface area contributed by atoms with Crippen LogP contribution in [0.15, 0.2) is 28.7 Å². The van der Waals surface area contributed by atoms with Crippen LogP contribution in [0.4, 0.5) is 13.2 Å². The molecule has 0 amide bonds. The maximum absolute atomic E-state index is 12.6. The van der Waals surface area contributed by atoms with Crippen LogP contribution >= 0.6 is 35.3 Å². The number of alkyl halides is 3. The molecule has 11 heteroatoms. The van der Waals surface area contributed by atoms with E-state index in [1.165, 1.54) is 12.8 Å². The maximum Gasteiger partial charge on any atom is 0.434 e. The van der Waals surface area contributed by atoms with Crippen LogP contribution in [0.3, 0.4) is 0 Å². The number of guanidine groups is 1. The smallest absolute Gasteiger partial charge is 0.434 e. The number of halogens is 4. The van der Waals surface area contributed by atoms with E-state index in [9.17, 15) is 13.2 Å². The van der Waals surface area contributed by atoms with E-state index < -0.39 is 11.9 Å². The molecule has 160 valence electrons. The Hall–Kier alpha value is -1.63. The van der Waals surface area contributed by atoms with Gasteiger partial charge in [-0.2, -0.15) is 13.2 Å². The highest BCUT2D eigenvalue weighted by atomic mass is 127. The molecule has 29 heavy (non-hydrogen) atoms. The van der Waals surface area contributed by atoms with E-state index in [0.717, 1.165) is 35.1 Å².